The molecular weight excluding hydrogens is 1090 g/mol. The molecule has 82 heavy (non-hydrogen) atoms. The van der Waals surface area contributed by atoms with Crippen LogP contribution < -0.4 is 37.2 Å². The molecule has 2 aromatic carbocycles. The number of ether oxygens (including phenoxy) is 3. The lowest BCUT2D eigenvalue weighted by molar-refractivity contribution is -0.143. The number of phenols is 1. The third-order valence-electron chi connectivity index (χ3n) is 13.3. The van der Waals surface area contributed by atoms with Crippen molar-refractivity contribution in [3.05, 3.63) is 65.9 Å². The number of carboxylic acids is 1. The summed E-state index contributed by atoms with van der Waals surface area (Å²) in [4.78, 5) is 123. The molecule has 0 saturated carbocycles. The Kier molecular flexibility index (Phi) is 29.2. The van der Waals surface area contributed by atoms with Crippen molar-refractivity contribution < 1.29 is 77.8 Å². The summed E-state index contributed by atoms with van der Waals surface area (Å²) >= 11 is 1.15. The van der Waals surface area contributed by atoms with Crippen molar-refractivity contribution in [3.8, 4) is 5.75 Å². The molecule has 2 heterocycles. The normalized spacial score (nSPS) is 15.9. The van der Waals surface area contributed by atoms with Crippen molar-refractivity contribution in [1.29, 1.82) is 0 Å². The molecule has 1 fully saturated rings. The van der Waals surface area contributed by atoms with Gasteiger partial charge in [0.25, 0.3) is 0 Å². The molecule has 7 amide bonds. The first kappa shape index (κ1) is 67.8. The van der Waals surface area contributed by atoms with E-state index in [9.17, 15) is 63.6 Å². The van der Waals surface area contributed by atoms with Gasteiger partial charge in [-0.1, -0.05) is 69.8 Å². The van der Waals surface area contributed by atoms with Gasteiger partial charge in [-0.15, -0.1) is 0 Å². The van der Waals surface area contributed by atoms with E-state index in [1.807, 2.05) is 44.3 Å². The number of likely N-dealkylation sites (tertiary alicyclic amines) is 1. The minimum atomic E-state index is -1.62. The highest BCUT2D eigenvalue weighted by molar-refractivity contribution is 8.13. The van der Waals surface area contributed by atoms with E-state index in [4.69, 9.17) is 14.2 Å². The number of benzene rings is 2. The quantitative estimate of drug-likeness (QED) is 0.0339. The number of aromatic nitrogens is 1. The largest absolute Gasteiger partial charge is 0.508 e. The fraction of sp³-hybridized carbons (Fsp3) is 0.589. The zero-order chi connectivity index (χ0) is 60.3. The highest BCUT2D eigenvalue weighted by Gasteiger charge is 2.40. The second-order valence-corrected chi connectivity index (χ2v) is 22.1. The molecule has 0 bridgehead atoms. The first-order valence-corrected chi connectivity index (χ1v) is 28.6. The SMILES string of the molecule is CC(=O)SCCOCCC(=O)NCCOCCOCC(=O)N[C@@H](CC(C)C)C(=O)N[C@H](C(=O)N[C@H](C(=O)N[C@@H](CO)C(=O)N1CCC[C@H]1C(=O)N[C@H](CN[C@@H](Cc1ccc(O)cc1)C(=O)O)Cc1c[nH]c2ccccc12)C(C)C)[C@@H](C)O. The molecule has 3 aromatic rings. The second kappa shape index (κ2) is 35.3. The van der Waals surface area contributed by atoms with Gasteiger partial charge in [-0.2, -0.15) is 0 Å². The van der Waals surface area contributed by atoms with Crippen LogP contribution in [0.1, 0.15) is 78.4 Å². The van der Waals surface area contributed by atoms with Gasteiger partial charge < -0.3 is 81.7 Å². The number of hydrogen-bond acceptors (Lipinski definition) is 17. The number of aliphatic carboxylic acids is 1. The van der Waals surface area contributed by atoms with Crippen LogP contribution in [-0.4, -0.2) is 203 Å². The summed E-state index contributed by atoms with van der Waals surface area (Å²) in [6.45, 7) is 9.47. The van der Waals surface area contributed by atoms with E-state index in [2.05, 4.69) is 42.2 Å². The Hall–Kier alpha value is -6.68. The Labute approximate surface area is 481 Å². The fourth-order valence-electron chi connectivity index (χ4n) is 9.01. The van der Waals surface area contributed by atoms with Gasteiger partial charge in [-0.25, -0.2) is 0 Å². The zero-order valence-electron chi connectivity index (χ0n) is 47.5. The number of nitrogens with one attached hydrogen (secondary N) is 8. The van der Waals surface area contributed by atoms with E-state index in [0.29, 0.717) is 24.3 Å². The van der Waals surface area contributed by atoms with Gasteiger partial charge in [0.2, 0.25) is 41.4 Å². The monoisotopic (exact) mass is 1170 g/mol. The number of para-hydroxylation sites is 1. The first-order valence-electron chi connectivity index (χ1n) is 27.6. The van der Waals surface area contributed by atoms with Crippen LogP contribution >= 0.6 is 11.8 Å². The number of aliphatic hydroxyl groups excluding tert-OH is 2. The summed E-state index contributed by atoms with van der Waals surface area (Å²) in [6, 6.07) is 5.24. The number of amides is 7. The number of fused-ring (bicyclic) bond motifs is 1. The Morgan fingerprint density at radius 2 is 1.44 bits per heavy atom. The summed E-state index contributed by atoms with van der Waals surface area (Å²) in [7, 11) is 0. The molecule has 454 valence electrons. The number of rotatable bonds is 37. The molecule has 0 radical (unpaired) electrons. The molecule has 0 aliphatic carbocycles. The third-order valence-corrected chi connectivity index (χ3v) is 14.0. The first-order chi connectivity index (χ1) is 39.1. The van der Waals surface area contributed by atoms with Crippen LogP contribution in [0, 0.1) is 11.8 Å². The summed E-state index contributed by atoms with van der Waals surface area (Å²) in [6.07, 6.45) is 1.60. The lowest BCUT2D eigenvalue weighted by Gasteiger charge is -2.31. The molecular formula is C56H83N9O16S. The van der Waals surface area contributed by atoms with Crippen molar-refractivity contribution in [2.24, 2.45) is 11.8 Å². The number of phenolic OH excluding ortho intramolecular Hbond substituents is 1. The molecule has 0 unspecified atom stereocenters. The molecule has 0 spiro atoms. The summed E-state index contributed by atoms with van der Waals surface area (Å²) < 4.78 is 16.2. The van der Waals surface area contributed by atoms with Gasteiger partial charge in [-0.05, 0) is 80.2 Å². The van der Waals surface area contributed by atoms with Crippen LogP contribution in [-0.2, 0) is 70.2 Å². The Morgan fingerprint density at radius 1 is 0.756 bits per heavy atom. The maximum absolute atomic E-state index is 14.2. The van der Waals surface area contributed by atoms with Crippen LogP contribution in [0.25, 0.3) is 10.9 Å². The summed E-state index contributed by atoms with van der Waals surface area (Å²) in [5.74, 6) is -6.16. The van der Waals surface area contributed by atoms with Crippen molar-refractivity contribution >= 4 is 75.1 Å². The number of carbonyl (C=O) groups is 9. The number of carbonyl (C=O) groups excluding carboxylic acids is 8. The highest BCUT2D eigenvalue weighted by atomic mass is 32.2. The Morgan fingerprint density at radius 3 is 2.11 bits per heavy atom. The number of hydrogen-bond donors (Lipinski definition) is 12. The number of aromatic hydroxyl groups is 1. The van der Waals surface area contributed by atoms with Crippen molar-refractivity contribution in [3.63, 3.8) is 0 Å². The summed E-state index contributed by atoms with van der Waals surface area (Å²) in [5.41, 5.74) is 2.37. The number of aromatic amines is 1. The average molecular weight is 1170 g/mol. The lowest BCUT2D eigenvalue weighted by atomic mass is 10.0. The molecule has 25 nitrogen and oxygen atoms in total. The molecule has 8 atom stereocenters. The molecule has 4 rings (SSSR count). The minimum absolute atomic E-state index is 0.00389. The Bertz CT molecular complexity index is 2570. The number of aliphatic hydroxyl groups is 2. The van der Waals surface area contributed by atoms with Crippen LogP contribution in [0.3, 0.4) is 0 Å². The number of thioether (sulfide) groups is 1. The predicted molar refractivity (Wildman–Crippen MR) is 304 cm³/mol. The van der Waals surface area contributed by atoms with Crippen LogP contribution in [0.4, 0.5) is 0 Å². The van der Waals surface area contributed by atoms with Crippen LogP contribution in [0.15, 0.2) is 54.7 Å². The van der Waals surface area contributed by atoms with E-state index in [1.165, 1.54) is 30.9 Å². The maximum Gasteiger partial charge on any atom is 0.321 e. The minimum Gasteiger partial charge on any atom is -0.508 e. The number of H-pyrrole nitrogens is 1. The zero-order valence-corrected chi connectivity index (χ0v) is 48.4. The van der Waals surface area contributed by atoms with Crippen LogP contribution in [0.2, 0.25) is 0 Å². The van der Waals surface area contributed by atoms with Crippen molar-refractivity contribution in [2.75, 3.05) is 71.6 Å². The van der Waals surface area contributed by atoms with E-state index >= 15 is 0 Å². The highest BCUT2D eigenvalue weighted by Crippen LogP contribution is 2.22. The van der Waals surface area contributed by atoms with Gasteiger partial charge in [0, 0.05) is 61.9 Å². The second-order valence-electron chi connectivity index (χ2n) is 20.8. The molecule has 1 aromatic heterocycles. The fourth-order valence-corrected chi connectivity index (χ4v) is 9.50. The van der Waals surface area contributed by atoms with E-state index in [1.54, 1.807) is 26.0 Å². The van der Waals surface area contributed by atoms with Gasteiger partial charge in [0.15, 0.2) is 5.12 Å². The average Bonchev–Trinajstić information content (AvgIpc) is 4.20. The van der Waals surface area contributed by atoms with Gasteiger partial charge in [0.1, 0.15) is 48.6 Å². The third kappa shape index (κ3) is 23.3. The molecule has 26 heteroatoms. The molecule has 1 saturated heterocycles. The van der Waals surface area contributed by atoms with E-state index < -0.39 is 109 Å². The van der Waals surface area contributed by atoms with Crippen molar-refractivity contribution in [2.45, 2.75) is 128 Å². The smallest absolute Gasteiger partial charge is 0.321 e. The Balaban J connectivity index is 1.32. The molecule has 1 aliphatic heterocycles. The number of carboxylic acid groups (broad SMARTS) is 1. The van der Waals surface area contributed by atoms with E-state index in [0.717, 1.165) is 28.2 Å². The van der Waals surface area contributed by atoms with Crippen molar-refractivity contribution in [1.82, 2.24) is 47.1 Å². The number of nitrogens with zero attached hydrogens (tertiary/aromatic N) is 1. The van der Waals surface area contributed by atoms with Gasteiger partial charge in [0.05, 0.1) is 45.7 Å². The van der Waals surface area contributed by atoms with Gasteiger partial charge >= 0.3 is 5.97 Å². The topological polar surface area (TPSA) is 365 Å². The van der Waals surface area contributed by atoms with Crippen LogP contribution in [0.5, 0.6) is 5.75 Å². The van der Waals surface area contributed by atoms with E-state index in [-0.39, 0.29) is 101 Å². The summed E-state index contributed by atoms with van der Waals surface area (Å²) in [5, 5.41) is 61.0. The predicted octanol–water partition coefficient (Wildman–Crippen LogP) is 0.0275. The standard InChI is InChI=1S/C56H83N9O16S/c1-33(2)26-43(61-48(71)32-81-23-22-80-21-18-57-47(70)17-20-79-24-25-82-36(6)68)51(72)64-50(35(5)67)54(75)63-49(34(3)4)53(74)62-45(31-66)55(76)65-19-9-12-46(65)52(73)60-39(28-38-29-58-42-11-8-7-10-41(38)42)30-59-44(56(77)78)27-37-13-15-40(69)16-14-37/h7-8,10-11,13-16,29,33-35,39,43-46,49-50,58-59,66-67,69H,9,12,17-28,30-32H2,1-6H3,(H,57,70)(H,60,73)(H,61,71)(H,62,74)(H,63,75)(H,64,72)(H,77,78)/t35-,39+,43+,44+,45+,46+,49+,50+/m1/s1. The molecule has 12 N–H and O–H groups in total. The molecule has 1 aliphatic rings. The maximum atomic E-state index is 14.2. The van der Waals surface area contributed by atoms with Gasteiger partial charge in [-0.3, -0.25) is 43.2 Å². The lowest BCUT2D eigenvalue weighted by Crippen LogP contribution is -2.62.